The topological polar surface area (TPSA) is 85.4 Å². The lowest BCUT2D eigenvalue weighted by molar-refractivity contribution is -0.386. The van der Waals surface area contributed by atoms with Gasteiger partial charge in [-0.3, -0.25) is 14.9 Å². The fourth-order valence-electron chi connectivity index (χ4n) is 2.04. The number of rotatable bonds is 4. The lowest BCUT2D eigenvalue weighted by Gasteiger charge is -2.14. The molecule has 116 valence electrons. The number of benzene rings is 1. The first-order valence-corrected chi connectivity index (χ1v) is 6.28. The molecule has 0 spiro atoms. The standard InChI is InChI=1S/C14H12F2N2O4/c1-8-4-14(20)17(6-12(8)18(21)22)7-13(19)10-5-9(15)2-3-11(10)16/h2-6,13,19H,7H2,1H3. The summed E-state index contributed by atoms with van der Waals surface area (Å²) in [5.74, 6) is -1.57. The van der Waals surface area contributed by atoms with Crippen LogP contribution in [0, 0.1) is 28.7 Å². The van der Waals surface area contributed by atoms with E-state index in [-0.39, 0.29) is 16.8 Å². The zero-order valence-corrected chi connectivity index (χ0v) is 11.5. The van der Waals surface area contributed by atoms with Gasteiger partial charge in [0.15, 0.2) is 0 Å². The summed E-state index contributed by atoms with van der Waals surface area (Å²) in [6.45, 7) is 0.979. The van der Waals surface area contributed by atoms with Crippen LogP contribution in [0.5, 0.6) is 0 Å². The highest BCUT2D eigenvalue weighted by molar-refractivity contribution is 5.36. The number of nitro groups is 1. The van der Waals surface area contributed by atoms with Gasteiger partial charge in [-0.25, -0.2) is 8.78 Å². The molecular formula is C14H12F2N2O4. The van der Waals surface area contributed by atoms with Crippen molar-refractivity contribution in [3.05, 3.63) is 73.7 Å². The first-order valence-electron chi connectivity index (χ1n) is 6.28. The number of aliphatic hydroxyl groups excluding tert-OH is 1. The summed E-state index contributed by atoms with van der Waals surface area (Å²) in [6.07, 6.45) is -0.548. The van der Waals surface area contributed by atoms with Crippen LogP contribution in [0.25, 0.3) is 0 Å². The van der Waals surface area contributed by atoms with Crippen molar-refractivity contribution in [2.45, 2.75) is 19.6 Å². The lowest BCUT2D eigenvalue weighted by Crippen LogP contribution is -2.23. The van der Waals surface area contributed by atoms with Crippen molar-refractivity contribution in [3.63, 3.8) is 0 Å². The van der Waals surface area contributed by atoms with E-state index in [0.717, 1.165) is 35.0 Å². The maximum atomic E-state index is 13.6. The monoisotopic (exact) mass is 310 g/mol. The zero-order valence-electron chi connectivity index (χ0n) is 11.5. The number of nitrogens with zero attached hydrogens (tertiary/aromatic N) is 2. The van der Waals surface area contributed by atoms with Gasteiger partial charge in [-0.1, -0.05) is 0 Å². The fourth-order valence-corrected chi connectivity index (χ4v) is 2.04. The Kier molecular flexibility index (Phi) is 4.32. The first-order chi connectivity index (χ1) is 10.3. The predicted molar refractivity (Wildman–Crippen MR) is 73.4 cm³/mol. The molecule has 2 aromatic rings. The second-order valence-electron chi connectivity index (χ2n) is 4.77. The third-order valence-electron chi connectivity index (χ3n) is 3.19. The number of aliphatic hydroxyl groups is 1. The highest BCUT2D eigenvalue weighted by atomic mass is 19.1. The Morgan fingerprint density at radius 3 is 2.68 bits per heavy atom. The van der Waals surface area contributed by atoms with Crippen LogP contribution in [0.3, 0.4) is 0 Å². The average Bonchev–Trinajstić information content (AvgIpc) is 2.43. The average molecular weight is 310 g/mol. The van der Waals surface area contributed by atoms with Crippen molar-refractivity contribution >= 4 is 5.69 Å². The Bertz CT molecular complexity index is 789. The second-order valence-corrected chi connectivity index (χ2v) is 4.77. The van der Waals surface area contributed by atoms with Gasteiger partial charge in [0.25, 0.3) is 11.2 Å². The van der Waals surface area contributed by atoms with Crippen LogP contribution in [-0.2, 0) is 6.54 Å². The van der Waals surface area contributed by atoms with Gasteiger partial charge in [0, 0.05) is 17.2 Å². The van der Waals surface area contributed by atoms with E-state index in [1.165, 1.54) is 6.92 Å². The second kappa shape index (κ2) is 6.02. The maximum absolute atomic E-state index is 13.6. The molecule has 0 fully saturated rings. The first kappa shape index (κ1) is 15.8. The normalized spacial score (nSPS) is 12.2. The fraction of sp³-hybridized carbons (Fsp3) is 0.214. The minimum absolute atomic E-state index is 0.178. The molecule has 1 unspecified atom stereocenters. The molecule has 1 atom stereocenters. The van der Waals surface area contributed by atoms with Gasteiger partial charge >= 0.3 is 0 Å². The molecule has 1 aromatic carbocycles. The molecule has 1 N–H and O–H groups in total. The van der Waals surface area contributed by atoms with Crippen LogP contribution in [0.4, 0.5) is 14.5 Å². The highest BCUT2D eigenvalue weighted by Gasteiger charge is 2.18. The molecule has 8 heteroatoms. The SMILES string of the molecule is Cc1cc(=O)n(CC(O)c2cc(F)ccc2F)cc1[N+](=O)[O-]. The molecule has 0 saturated heterocycles. The molecule has 0 aliphatic heterocycles. The molecule has 0 bridgehead atoms. The Hall–Kier alpha value is -2.61. The zero-order chi connectivity index (χ0) is 16.4. The molecule has 0 amide bonds. The van der Waals surface area contributed by atoms with Crippen molar-refractivity contribution in [1.29, 1.82) is 0 Å². The van der Waals surface area contributed by atoms with Gasteiger partial charge in [0.2, 0.25) is 0 Å². The Balaban J connectivity index is 2.38. The number of halogens is 2. The molecule has 22 heavy (non-hydrogen) atoms. The van der Waals surface area contributed by atoms with Gasteiger partial charge < -0.3 is 9.67 Å². The summed E-state index contributed by atoms with van der Waals surface area (Å²) in [7, 11) is 0. The van der Waals surface area contributed by atoms with Crippen LogP contribution in [0.2, 0.25) is 0 Å². The molecule has 0 aliphatic carbocycles. The van der Waals surface area contributed by atoms with Gasteiger partial charge in [-0.2, -0.15) is 0 Å². The van der Waals surface area contributed by atoms with Crippen molar-refractivity contribution in [2.24, 2.45) is 0 Å². The van der Waals surface area contributed by atoms with Crippen LogP contribution in [0.15, 0.2) is 35.3 Å². The molecule has 0 radical (unpaired) electrons. The molecule has 1 heterocycles. The van der Waals surface area contributed by atoms with Gasteiger partial charge in [0.1, 0.15) is 11.6 Å². The van der Waals surface area contributed by atoms with Crippen molar-refractivity contribution in [3.8, 4) is 0 Å². The molecule has 6 nitrogen and oxygen atoms in total. The maximum Gasteiger partial charge on any atom is 0.288 e. The van der Waals surface area contributed by atoms with Gasteiger partial charge in [0.05, 0.1) is 23.8 Å². The van der Waals surface area contributed by atoms with Crippen LogP contribution >= 0.6 is 0 Å². The van der Waals surface area contributed by atoms with Gasteiger partial charge in [-0.15, -0.1) is 0 Å². The van der Waals surface area contributed by atoms with Crippen LogP contribution < -0.4 is 5.56 Å². The van der Waals surface area contributed by atoms with Crippen molar-refractivity contribution < 1.29 is 18.8 Å². The summed E-state index contributed by atoms with van der Waals surface area (Å²) in [5, 5.41) is 20.8. The quantitative estimate of drug-likeness (QED) is 0.692. The molecule has 0 aliphatic rings. The largest absolute Gasteiger partial charge is 0.386 e. The molecule has 1 aromatic heterocycles. The van der Waals surface area contributed by atoms with E-state index in [9.17, 15) is 28.8 Å². The molecule has 2 rings (SSSR count). The third kappa shape index (κ3) is 3.17. The van der Waals surface area contributed by atoms with E-state index in [4.69, 9.17) is 0 Å². The molecule has 0 saturated carbocycles. The number of pyridine rings is 1. The minimum atomic E-state index is -1.52. The van der Waals surface area contributed by atoms with Gasteiger partial charge in [-0.05, 0) is 25.1 Å². The summed E-state index contributed by atoms with van der Waals surface area (Å²) < 4.78 is 27.6. The smallest absolute Gasteiger partial charge is 0.288 e. The number of aryl methyl sites for hydroxylation is 1. The summed E-state index contributed by atoms with van der Waals surface area (Å²) in [6, 6.07) is 3.61. The Labute approximate surface area is 123 Å². The van der Waals surface area contributed by atoms with Crippen molar-refractivity contribution in [2.75, 3.05) is 0 Å². The highest BCUT2D eigenvalue weighted by Crippen LogP contribution is 2.21. The van der Waals surface area contributed by atoms with E-state index < -0.39 is 34.8 Å². The summed E-state index contributed by atoms with van der Waals surface area (Å²) in [5.41, 5.74) is -1.03. The number of hydrogen-bond donors (Lipinski definition) is 1. The van der Waals surface area contributed by atoms with E-state index in [2.05, 4.69) is 0 Å². The van der Waals surface area contributed by atoms with Crippen LogP contribution in [-0.4, -0.2) is 14.6 Å². The lowest BCUT2D eigenvalue weighted by atomic mass is 10.1. The van der Waals surface area contributed by atoms with Crippen molar-refractivity contribution in [1.82, 2.24) is 4.57 Å². The predicted octanol–water partition coefficient (Wildman–Crippen LogP) is 2.08. The van der Waals surface area contributed by atoms with Crippen LogP contribution in [0.1, 0.15) is 17.2 Å². The Morgan fingerprint density at radius 1 is 1.36 bits per heavy atom. The number of aromatic nitrogens is 1. The summed E-state index contributed by atoms with van der Waals surface area (Å²) >= 11 is 0. The molecular weight excluding hydrogens is 298 g/mol. The van der Waals surface area contributed by atoms with E-state index in [0.29, 0.717) is 0 Å². The minimum Gasteiger partial charge on any atom is -0.386 e. The van der Waals surface area contributed by atoms with E-state index in [1.54, 1.807) is 0 Å². The third-order valence-corrected chi connectivity index (χ3v) is 3.19. The summed E-state index contributed by atoms with van der Waals surface area (Å²) in [4.78, 5) is 22.0. The van der Waals surface area contributed by atoms with E-state index >= 15 is 0 Å². The number of hydrogen-bond acceptors (Lipinski definition) is 4. The Morgan fingerprint density at radius 2 is 2.05 bits per heavy atom. The van der Waals surface area contributed by atoms with E-state index in [1.807, 2.05) is 0 Å².